The number of nitrogens with two attached hydrogens (primary N) is 1. The largest absolute Gasteiger partial charge is 0.385 e. The lowest BCUT2D eigenvalue weighted by molar-refractivity contribution is 0.545. The van der Waals surface area contributed by atoms with Crippen LogP contribution in [0.25, 0.3) is 0 Å². The third-order valence-electron chi connectivity index (χ3n) is 4.73. The second kappa shape index (κ2) is 8.60. The molecule has 142 valence electrons. The fraction of sp³-hybridized carbons (Fsp3) is 0.400. The van der Waals surface area contributed by atoms with E-state index >= 15 is 0 Å². The molecule has 0 aromatic heterocycles. The van der Waals surface area contributed by atoms with E-state index in [2.05, 4.69) is 27.0 Å². The van der Waals surface area contributed by atoms with E-state index in [1.807, 2.05) is 55.4 Å². The summed E-state index contributed by atoms with van der Waals surface area (Å²) in [6.07, 6.45) is 6.96. The van der Waals surface area contributed by atoms with Gasteiger partial charge in [0.2, 0.25) is 5.96 Å². The van der Waals surface area contributed by atoms with Crippen molar-refractivity contribution in [3.8, 4) is 6.07 Å². The minimum Gasteiger partial charge on any atom is -0.385 e. The SMILES string of the molecule is CNC(/C=C(\N)NC1=CCN(C)C(Nc2ccc(CC#N)cc2)=N1)C1CC1. The predicted octanol–water partition coefficient (Wildman–Crippen LogP) is 1.70. The molecule has 0 radical (unpaired) electrons. The smallest absolute Gasteiger partial charge is 0.205 e. The number of nitrogens with zero attached hydrogens (tertiary/aromatic N) is 3. The summed E-state index contributed by atoms with van der Waals surface area (Å²) < 4.78 is 0. The zero-order valence-electron chi connectivity index (χ0n) is 15.9. The maximum absolute atomic E-state index is 8.77. The lowest BCUT2D eigenvalue weighted by Crippen LogP contribution is -2.37. The highest BCUT2D eigenvalue weighted by molar-refractivity contribution is 5.94. The van der Waals surface area contributed by atoms with Crippen molar-refractivity contribution in [2.45, 2.75) is 25.3 Å². The minimum absolute atomic E-state index is 0.304. The molecule has 27 heavy (non-hydrogen) atoms. The molecular formula is C20H27N7. The van der Waals surface area contributed by atoms with Crippen molar-refractivity contribution in [1.82, 2.24) is 15.5 Å². The Bertz CT molecular complexity index is 782. The van der Waals surface area contributed by atoms with E-state index in [4.69, 9.17) is 11.0 Å². The maximum Gasteiger partial charge on any atom is 0.205 e. The highest BCUT2D eigenvalue weighted by Crippen LogP contribution is 2.33. The topological polar surface area (TPSA) is 101 Å². The summed E-state index contributed by atoms with van der Waals surface area (Å²) in [6, 6.07) is 10.3. The number of nitrogens with one attached hydrogen (secondary N) is 3. The Morgan fingerprint density at radius 3 is 2.78 bits per heavy atom. The lowest BCUT2D eigenvalue weighted by atomic mass is 10.1. The van der Waals surface area contributed by atoms with Crippen LogP contribution < -0.4 is 21.7 Å². The van der Waals surface area contributed by atoms with Crippen molar-refractivity contribution in [3.05, 3.63) is 53.6 Å². The van der Waals surface area contributed by atoms with Crippen LogP contribution >= 0.6 is 0 Å². The molecule has 1 saturated carbocycles. The third kappa shape index (κ3) is 5.25. The van der Waals surface area contributed by atoms with Gasteiger partial charge in [0, 0.05) is 25.3 Å². The summed E-state index contributed by atoms with van der Waals surface area (Å²) in [5, 5.41) is 18.6. The summed E-state index contributed by atoms with van der Waals surface area (Å²) in [5.41, 5.74) is 8.09. The highest BCUT2D eigenvalue weighted by atomic mass is 15.3. The fourth-order valence-corrected chi connectivity index (χ4v) is 2.98. The molecule has 7 heteroatoms. The molecule has 5 N–H and O–H groups in total. The summed E-state index contributed by atoms with van der Waals surface area (Å²) in [6.45, 7) is 0.728. The Hall–Kier alpha value is -2.98. The average Bonchev–Trinajstić information content (AvgIpc) is 3.49. The fourth-order valence-electron chi connectivity index (χ4n) is 2.98. The standard InChI is InChI=1S/C20H27N7/c1-23-17(15-5-6-15)13-18(22)25-19-10-12-27(2)20(26-19)24-16-7-3-14(4-8-16)9-11-21/h3-4,7-8,10,13,15,17,23,25H,5-6,9,12,22H2,1-2H3,(H,24,26)/b18-13+. The van der Waals surface area contributed by atoms with Crippen LogP contribution in [0.2, 0.25) is 0 Å². The van der Waals surface area contributed by atoms with Crippen molar-refractivity contribution in [3.63, 3.8) is 0 Å². The van der Waals surface area contributed by atoms with Crippen molar-refractivity contribution in [2.75, 3.05) is 26.0 Å². The van der Waals surface area contributed by atoms with Gasteiger partial charge in [0.1, 0.15) is 5.82 Å². The van der Waals surface area contributed by atoms with Crippen LogP contribution in [0.1, 0.15) is 18.4 Å². The van der Waals surface area contributed by atoms with Gasteiger partial charge in [0.05, 0.1) is 18.3 Å². The predicted molar refractivity (Wildman–Crippen MR) is 109 cm³/mol. The monoisotopic (exact) mass is 365 g/mol. The first-order valence-electron chi connectivity index (χ1n) is 9.23. The number of anilines is 1. The first-order valence-corrected chi connectivity index (χ1v) is 9.23. The molecule has 1 heterocycles. The number of hydrogen-bond donors (Lipinski definition) is 4. The molecule has 7 nitrogen and oxygen atoms in total. The average molecular weight is 365 g/mol. The Morgan fingerprint density at radius 2 is 2.15 bits per heavy atom. The van der Waals surface area contributed by atoms with Crippen molar-refractivity contribution >= 4 is 11.6 Å². The number of hydrogen-bond acceptors (Lipinski definition) is 7. The normalized spacial score (nSPS) is 18.3. The Balaban J connectivity index is 1.65. The quantitative estimate of drug-likeness (QED) is 0.587. The van der Waals surface area contributed by atoms with E-state index in [0.29, 0.717) is 24.2 Å². The molecule has 0 bridgehead atoms. The summed E-state index contributed by atoms with van der Waals surface area (Å²) in [4.78, 5) is 6.66. The van der Waals surface area contributed by atoms with Crippen molar-refractivity contribution in [2.24, 2.45) is 16.6 Å². The molecule has 0 saturated heterocycles. The van der Waals surface area contributed by atoms with E-state index in [1.165, 1.54) is 12.8 Å². The van der Waals surface area contributed by atoms with Gasteiger partial charge in [-0.05, 0) is 55.7 Å². The van der Waals surface area contributed by atoms with E-state index in [0.717, 1.165) is 29.6 Å². The van der Waals surface area contributed by atoms with Gasteiger partial charge in [-0.3, -0.25) is 0 Å². The maximum atomic E-state index is 8.77. The lowest BCUT2D eigenvalue weighted by Gasteiger charge is -2.25. The van der Waals surface area contributed by atoms with Gasteiger partial charge >= 0.3 is 0 Å². The molecule has 1 unspecified atom stereocenters. The zero-order chi connectivity index (χ0) is 19.2. The Labute approximate surface area is 160 Å². The van der Waals surface area contributed by atoms with Gasteiger partial charge in [-0.15, -0.1) is 0 Å². The molecule has 1 aliphatic heterocycles. The second-order valence-electron chi connectivity index (χ2n) is 6.96. The van der Waals surface area contributed by atoms with E-state index in [-0.39, 0.29) is 0 Å². The molecule has 0 spiro atoms. The summed E-state index contributed by atoms with van der Waals surface area (Å²) >= 11 is 0. The number of likely N-dealkylation sites (N-methyl/N-ethyl adjacent to an activating group) is 2. The van der Waals surface area contributed by atoms with Gasteiger partial charge in [0.15, 0.2) is 0 Å². The molecule has 2 aliphatic rings. The summed E-state index contributed by atoms with van der Waals surface area (Å²) in [5.74, 6) is 2.77. The van der Waals surface area contributed by atoms with Gasteiger partial charge in [-0.2, -0.15) is 10.3 Å². The van der Waals surface area contributed by atoms with Crippen LogP contribution in [0.4, 0.5) is 5.69 Å². The minimum atomic E-state index is 0.304. The molecule has 1 atom stereocenters. The number of nitriles is 1. The van der Waals surface area contributed by atoms with Crippen LogP contribution in [-0.4, -0.2) is 37.5 Å². The molecule has 1 aromatic rings. The number of benzene rings is 1. The Kier molecular flexibility index (Phi) is 5.99. The molecule has 1 aromatic carbocycles. The molecule has 1 aliphatic carbocycles. The van der Waals surface area contributed by atoms with Crippen LogP contribution in [-0.2, 0) is 6.42 Å². The van der Waals surface area contributed by atoms with Crippen molar-refractivity contribution < 1.29 is 0 Å². The number of aliphatic imine (C=N–C) groups is 1. The summed E-state index contributed by atoms with van der Waals surface area (Å²) in [7, 11) is 3.94. The highest BCUT2D eigenvalue weighted by Gasteiger charge is 2.28. The van der Waals surface area contributed by atoms with Crippen LogP contribution in [0.5, 0.6) is 0 Å². The third-order valence-corrected chi connectivity index (χ3v) is 4.73. The van der Waals surface area contributed by atoms with Crippen molar-refractivity contribution in [1.29, 1.82) is 5.26 Å². The van der Waals surface area contributed by atoms with Crippen LogP contribution in [0.3, 0.4) is 0 Å². The van der Waals surface area contributed by atoms with Gasteiger partial charge in [-0.1, -0.05) is 12.1 Å². The van der Waals surface area contributed by atoms with Gasteiger partial charge in [0.25, 0.3) is 0 Å². The molecule has 3 rings (SSSR count). The zero-order valence-corrected chi connectivity index (χ0v) is 15.9. The first kappa shape index (κ1) is 18.8. The first-order chi connectivity index (χ1) is 13.1. The molecule has 1 fully saturated rings. The van der Waals surface area contributed by atoms with E-state index in [1.54, 1.807) is 0 Å². The Morgan fingerprint density at radius 1 is 1.41 bits per heavy atom. The second-order valence-corrected chi connectivity index (χ2v) is 6.96. The van der Waals surface area contributed by atoms with E-state index in [9.17, 15) is 0 Å². The molecular weight excluding hydrogens is 338 g/mol. The van der Waals surface area contributed by atoms with Crippen LogP contribution in [0, 0.1) is 17.2 Å². The van der Waals surface area contributed by atoms with E-state index < -0.39 is 0 Å². The number of rotatable bonds is 7. The van der Waals surface area contributed by atoms with Gasteiger partial charge < -0.3 is 26.6 Å². The molecule has 0 amide bonds. The van der Waals surface area contributed by atoms with Gasteiger partial charge in [-0.25, -0.2) is 0 Å². The van der Waals surface area contributed by atoms with Crippen LogP contribution in [0.15, 0.2) is 53.1 Å². The number of guanidine groups is 1.